The van der Waals surface area contributed by atoms with Gasteiger partial charge >= 0.3 is 0 Å². The number of para-hydroxylation sites is 1. The zero-order chi connectivity index (χ0) is 22.9. The summed E-state index contributed by atoms with van der Waals surface area (Å²) in [4.78, 5) is 16.4. The number of anilines is 1. The van der Waals surface area contributed by atoms with Crippen LogP contribution in [0.2, 0.25) is 0 Å². The first-order valence-corrected chi connectivity index (χ1v) is 13.1. The fourth-order valence-electron chi connectivity index (χ4n) is 4.79. The molecule has 0 spiro atoms. The number of hydrogen-bond donors (Lipinski definition) is 1. The Hall–Kier alpha value is -1.78. The van der Waals surface area contributed by atoms with Gasteiger partial charge in [0.05, 0.1) is 36.6 Å². The van der Waals surface area contributed by atoms with Crippen molar-refractivity contribution < 1.29 is 26.7 Å². The molecular weight excluding hydrogens is 440 g/mol. The minimum absolute atomic E-state index is 0.0642. The summed E-state index contributed by atoms with van der Waals surface area (Å²) in [7, 11) is -3.47. The van der Waals surface area contributed by atoms with E-state index < -0.39 is 34.2 Å². The van der Waals surface area contributed by atoms with Crippen molar-refractivity contribution in [2.75, 3.05) is 37.4 Å². The molecule has 32 heavy (non-hydrogen) atoms. The van der Waals surface area contributed by atoms with E-state index >= 15 is 0 Å². The second kappa shape index (κ2) is 9.61. The number of nitrogens with zero attached hydrogens (tertiary/aromatic N) is 2. The van der Waals surface area contributed by atoms with E-state index in [1.807, 2.05) is 11.0 Å². The number of amides is 1. The molecule has 0 radical (unpaired) electrons. The minimum atomic E-state index is -3.47. The molecule has 1 saturated carbocycles. The Kier molecular flexibility index (Phi) is 7.02. The van der Waals surface area contributed by atoms with Crippen LogP contribution in [0.15, 0.2) is 24.3 Å². The number of benzene rings is 1. The lowest BCUT2D eigenvalue weighted by atomic mass is 9.96. The number of piperidine rings is 2. The zero-order valence-electron chi connectivity index (χ0n) is 18.3. The molecule has 2 heterocycles. The van der Waals surface area contributed by atoms with Crippen LogP contribution in [-0.4, -0.2) is 76.1 Å². The van der Waals surface area contributed by atoms with Crippen LogP contribution in [0.1, 0.15) is 32.1 Å². The summed E-state index contributed by atoms with van der Waals surface area (Å²) in [6.45, 7) is 1.96. The summed E-state index contributed by atoms with van der Waals surface area (Å²) in [6.07, 6.45) is 2.83. The van der Waals surface area contributed by atoms with Gasteiger partial charge in [-0.3, -0.25) is 4.79 Å². The summed E-state index contributed by atoms with van der Waals surface area (Å²) < 4.78 is 60.1. The van der Waals surface area contributed by atoms with Crippen molar-refractivity contribution in [2.24, 2.45) is 5.92 Å². The SMILES string of the molecule is CS(=O)(=O)N[C@H]1CCCN(C(=O)[C@@H]2C[C@@H]2F)[C@H]1COC1CCN(c2ccccc2F)CC1. The van der Waals surface area contributed by atoms with Crippen molar-refractivity contribution in [1.82, 2.24) is 9.62 Å². The van der Waals surface area contributed by atoms with Gasteiger partial charge in [0.2, 0.25) is 15.9 Å². The minimum Gasteiger partial charge on any atom is -0.376 e. The number of alkyl halides is 1. The first-order chi connectivity index (χ1) is 15.2. The van der Waals surface area contributed by atoms with Crippen LogP contribution >= 0.6 is 0 Å². The van der Waals surface area contributed by atoms with Crippen LogP contribution in [-0.2, 0) is 19.6 Å². The lowest BCUT2D eigenvalue weighted by Crippen LogP contribution is -2.59. The van der Waals surface area contributed by atoms with Gasteiger partial charge in [0.25, 0.3) is 0 Å². The number of nitrogens with one attached hydrogen (secondary N) is 1. The predicted octanol–water partition coefficient (Wildman–Crippen LogP) is 2.08. The van der Waals surface area contributed by atoms with Gasteiger partial charge in [0.15, 0.2) is 0 Å². The number of ether oxygens (including phenoxy) is 1. The number of rotatable bonds is 7. The molecule has 0 unspecified atom stereocenters. The quantitative estimate of drug-likeness (QED) is 0.659. The molecule has 0 bridgehead atoms. The van der Waals surface area contributed by atoms with Crippen LogP contribution in [0, 0.1) is 11.7 Å². The number of carbonyl (C=O) groups excluding carboxylic acids is 1. The molecule has 1 N–H and O–H groups in total. The largest absolute Gasteiger partial charge is 0.376 e. The Morgan fingerprint density at radius 3 is 2.50 bits per heavy atom. The van der Waals surface area contributed by atoms with Gasteiger partial charge in [-0.25, -0.2) is 21.9 Å². The normalized spacial score (nSPS) is 29.2. The van der Waals surface area contributed by atoms with Crippen molar-refractivity contribution >= 4 is 21.6 Å². The van der Waals surface area contributed by atoms with Crippen LogP contribution in [0.3, 0.4) is 0 Å². The highest BCUT2D eigenvalue weighted by Gasteiger charge is 2.48. The van der Waals surface area contributed by atoms with Crippen molar-refractivity contribution in [1.29, 1.82) is 0 Å². The summed E-state index contributed by atoms with van der Waals surface area (Å²) >= 11 is 0. The number of carbonyl (C=O) groups is 1. The molecule has 0 aromatic heterocycles. The highest BCUT2D eigenvalue weighted by atomic mass is 32.2. The molecule has 1 amide bonds. The smallest absolute Gasteiger partial charge is 0.229 e. The molecule has 7 nitrogen and oxygen atoms in total. The average Bonchev–Trinajstić information content (AvgIpc) is 3.48. The van der Waals surface area contributed by atoms with Gasteiger partial charge in [-0.15, -0.1) is 0 Å². The van der Waals surface area contributed by atoms with E-state index in [-0.39, 0.29) is 30.9 Å². The van der Waals surface area contributed by atoms with Gasteiger partial charge in [-0.1, -0.05) is 12.1 Å². The fourth-order valence-corrected chi connectivity index (χ4v) is 5.61. The van der Waals surface area contributed by atoms with Gasteiger partial charge in [-0.05, 0) is 44.2 Å². The Morgan fingerprint density at radius 2 is 1.88 bits per heavy atom. The van der Waals surface area contributed by atoms with Crippen molar-refractivity contribution in [3.05, 3.63) is 30.1 Å². The topological polar surface area (TPSA) is 79.0 Å². The summed E-state index contributed by atoms with van der Waals surface area (Å²) in [5, 5.41) is 0. The second-order valence-electron chi connectivity index (χ2n) is 9.07. The number of sulfonamides is 1. The third kappa shape index (κ3) is 5.58. The predicted molar refractivity (Wildman–Crippen MR) is 117 cm³/mol. The van der Waals surface area contributed by atoms with E-state index in [1.165, 1.54) is 6.07 Å². The van der Waals surface area contributed by atoms with Crippen LogP contribution in [0.25, 0.3) is 0 Å². The summed E-state index contributed by atoms with van der Waals surface area (Å²) in [5.74, 6) is -1.11. The molecule has 4 rings (SSSR count). The van der Waals surface area contributed by atoms with Crippen molar-refractivity contribution in [3.8, 4) is 0 Å². The molecule has 1 aliphatic carbocycles. The molecule has 178 valence electrons. The van der Waals surface area contributed by atoms with Crippen LogP contribution in [0.5, 0.6) is 0 Å². The monoisotopic (exact) mass is 471 g/mol. The molecular formula is C22H31F2N3O4S. The molecule has 3 fully saturated rings. The number of likely N-dealkylation sites (tertiary alicyclic amines) is 1. The van der Waals surface area contributed by atoms with Gasteiger partial charge < -0.3 is 14.5 Å². The Labute approximate surface area is 188 Å². The van der Waals surface area contributed by atoms with Gasteiger partial charge in [0, 0.05) is 25.7 Å². The summed E-state index contributed by atoms with van der Waals surface area (Å²) in [5.41, 5.74) is 0.581. The molecule has 2 aliphatic heterocycles. The molecule has 4 atom stereocenters. The summed E-state index contributed by atoms with van der Waals surface area (Å²) in [6, 6.07) is 5.76. The van der Waals surface area contributed by atoms with Crippen molar-refractivity contribution in [3.63, 3.8) is 0 Å². The van der Waals surface area contributed by atoms with E-state index in [4.69, 9.17) is 4.74 Å². The maximum atomic E-state index is 14.1. The second-order valence-corrected chi connectivity index (χ2v) is 10.8. The Morgan fingerprint density at radius 1 is 1.19 bits per heavy atom. The fraction of sp³-hybridized carbons (Fsp3) is 0.682. The highest BCUT2D eigenvalue weighted by Crippen LogP contribution is 2.37. The molecule has 10 heteroatoms. The van der Waals surface area contributed by atoms with Gasteiger partial charge in [0.1, 0.15) is 12.0 Å². The average molecular weight is 472 g/mol. The molecule has 2 saturated heterocycles. The Bertz CT molecular complexity index is 924. The maximum Gasteiger partial charge on any atom is 0.229 e. The van der Waals surface area contributed by atoms with E-state index in [0.29, 0.717) is 51.0 Å². The third-order valence-electron chi connectivity index (χ3n) is 6.60. The lowest BCUT2D eigenvalue weighted by molar-refractivity contribution is -0.140. The van der Waals surface area contributed by atoms with Crippen molar-refractivity contribution in [2.45, 2.75) is 56.5 Å². The standard InChI is InChI=1S/C22H31F2N3O4S/c1-32(29,30)25-19-6-4-10-27(22(28)16-13-18(16)24)21(19)14-31-15-8-11-26(12-9-15)20-7-3-2-5-17(20)23/h2-3,5,7,15-16,18-19,21,25H,4,6,8-14H2,1H3/t16-,18+,19+,21+/m1/s1. The van der Waals surface area contributed by atoms with Crippen LogP contribution < -0.4 is 9.62 Å². The van der Waals surface area contributed by atoms with E-state index in [2.05, 4.69) is 4.72 Å². The molecule has 1 aromatic rings. The first kappa shape index (κ1) is 23.4. The zero-order valence-corrected chi connectivity index (χ0v) is 19.1. The number of hydrogen-bond acceptors (Lipinski definition) is 5. The van der Waals surface area contributed by atoms with E-state index in [9.17, 15) is 22.0 Å². The van der Waals surface area contributed by atoms with E-state index in [1.54, 1.807) is 17.0 Å². The van der Waals surface area contributed by atoms with Gasteiger partial charge in [-0.2, -0.15) is 0 Å². The number of halogens is 2. The molecule has 1 aromatic carbocycles. The highest BCUT2D eigenvalue weighted by molar-refractivity contribution is 7.88. The van der Waals surface area contributed by atoms with Crippen LogP contribution in [0.4, 0.5) is 14.5 Å². The Balaban J connectivity index is 1.38. The lowest BCUT2D eigenvalue weighted by Gasteiger charge is -2.42. The van der Waals surface area contributed by atoms with E-state index in [0.717, 1.165) is 6.26 Å². The third-order valence-corrected chi connectivity index (χ3v) is 7.33. The maximum absolute atomic E-state index is 14.1. The first-order valence-electron chi connectivity index (χ1n) is 11.3. The molecule has 3 aliphatic rings.